The number of aromatic nitrogens is 2. The number of nitrogens with zero attached hydrogens (tertiary/aromatic N) is 3. The third-order valence-corrected chi connectivity index (χ3v) is 3.86. The highest BCUT2D eigenvalue weighted by atomic mass is 19.3. The minimum atomic E-state index is -2.63. The van der Waals surface area contributed by atoms with Crippen LogP contribution in [0.4, 0.5) is 24.7 Å². The quantitative estimate of drug-likeness (QED) is 0.936. The Morgan fingerprint density at radius 3 is 2.67 bits per heavy atom. The summed E-state index contributed by atoms with van der Waals surface area (Å²) in [6.45, 7) is 0.451. The van der Waals surface area contributed by atoms with Crippen LogP contribution in [-0.4, -0.2) is 34.9 Å². The summed E-state index contributed by atoms with van der Waals surface area (Å²) < 4.78 is 40.0. The SMILES string of the molecule is O=C(Nc1cc(N2CCC(F)(F)CC2)ccn1)c1ccncc1F. The van der Waals surface area contributed by atoms with Gasteiger partial charge in [-0.15, -0.1) is 0 Å². The molecule has 0 radical (unpaired) electrons. The van der Waals surface area contributed by atoms with Gasteiger partial charge in [0.05, 0.1) is 11.8 Å². The summed E-state index contributed by atoms with van der Waals surface area (Å²) in [5, 5.41) is 2.50. The maximum Gasteiger partial charge on any atom is 0.259 e. The number of pyridine rings is 2. The number of carbonyl (C=O) groups is 1. The third kappa shape index (κ3) is 3.64. The first-order valence-electron chi connectivity index (χ1n) is 7.44. The Bertz CT molecular complexity index is 744. The molecule has 2 aromatic heterocycles. The predicted octanol–water partition coefficient (Wildman–Crippen LogP) is 3.10. The number of amides is 1. The molecule has 24 heavy (non-hydrogen) atoms. The lowest BCUT2D eigenvalue weighted by atomic mass is 10.1. The molecule has 2 aromatic rings. The third-order valence-electron chi connectivity index (χ3n) is 3.86. The zero-order valence-electron chi connectivity index (χ0n) is 12.7. The minimum Gasteiger partial charge on any atom is -0.371 e. The molecular weight excluding hydrogens is 321 g/mol. The number of rotatable bonds is 3. The number of hydrogen-bond donors (Lipinski definition) is 1. The smallest absolute Gasteiger partial charge is 0.259 e. The molecule has 0 spiro atoms. The van der Waals surface area contributed by atoms with Gasteiger partial charge in [0.25, 0.3) is 11.8 Å². The average Bonchev–Trinajstić information content (AvgIpc) is 2.55. The van der Waals surface area contributed by atoms with Gasteiger partial charge in [-0.3, -0.25) is 9.78 Å². The van der Waals surface area contributed by atoms with Gasteiger partial charge >= 0.3 is 0 Å². The minimum absolute atomic E-state index is 0.144. The second-order valence-electron chi connectivity index (χ2n) is 5.55. The van der Waals surface area contributed by atoms with Crippen molar-refractivity contribution in [2.24, 2.45) is 0 Å². The Morgan fingerprint density at radius 2 is 1.96 bits per heavy atom. The van der Waals surface area contributed by atoms with Crippen LogP contribution >= 0.6 is 0 Å². The van der Waals surface area contributed by atoms with Gasteiger partial charge in [0.15, 0.2) is 5.82 Å². The van der Waals surface area contributed by atoms with E-state index in [1.807, 2.05) is 4.90 Å². The van der Waals surface area contributed by atoms with Crippen molar-refractivity contribution >= 4 is 17.4 Å². The number of anilines is 2. The van der Waals surface area contributed by atoms with Gasteiger partial charge in [0.1, 0.15) is 5.82 Å². The van der Waals surface area contributed by atoms with E-state index in [-0.39, 0.29) is 37.3 Å². The largest absolute Gasteiger partial charge is 0.371 e. The molecule has 0 aromatic carbocycles. The van der Waals surface area contributed by atoms with Crippen molar-refractivity contribution in [2.75, 3.05) is 23.3 Å². The van der Waals surface area contributed by atoms with Gasteiger partial charge in [0, 0.05) is 50.1 Å². The summed E-state index contributed by atoms with van der Waals surface area (Å²) in [6.07, 6.45) is 3.32. The summed E-state index contributed by atoms with van der Waals surface area (Å²) in [5.41, 5.74) is 0.542. The maximum atomic E-state index is 13.6. The van der Waals surface area contributed by atoms with Crippen molar-refractivity contribution in [3.05, 3.63) is 48.2 Å². The molecule has 1 aliphatic heterocycles. The Morgan fingerprint density at radius 1 is 1.21 bits per heavy atom. The van der Waals surface area contributed by atoms with Crippen molar-refractivity contribution < 1.29 is 18.0 Å². The van der Waals surface area contributed by atoms with E-state index in [1.165, 1.54) is 18.5 Å². The van der Waals surface area contributed by atoms with E-state index in [0.29, 0.717) is 5.69 Å². The van der Waals surface area contributed by atoms with Crippen molar-refractivity contribution in [1.82, 2.24) is 9.97 Å². The second-order valence-corrected chi connectivity index (χ2v) is 5.55. The van der Waals surface area contributed by atoms with Gasteiger partial charge in [-0.2, -0.15) is 0 Å². The molecule has 1 saturated heterocycles. The van der Waals surface area contributed by atoms with Crippen LogP contribution < -0.4 is 10.2 Å². The van der Waals surface area contributed by atoms with Gasteiger partial charge in [-0.05, 0) is 12.1 Å². The van der Waals surface area contributed by atoms with Crippen LogP contribution in [0.5, 0.6) is 0 Å². The Labute approximate surface area is 136 Å². The maximum absolute atomic E-state index is 13.6. The van der Waals surface area contributed by atoms with E-state index < -0.39 is 17.6 Å². The number of nitrogens with one attached hydrogen (secondary N) is 1. The zero-order chi connectivity index (χ0) is 17.2. The van der Waals surface area contributed by atoms with E-state index in [0.717, 1.165) is 6.20 Å². The summed E-state index contributed by atoms with van der Waals surface area (Å²) in [7, 11) is 0. The van der Waals surface area contributed by atoms with E-state index in [1.54, 1.807) is 12.1 Å². The van der Waals surface area contributed by atoms with Crippen molar-refractivity contribution in [1.29, 1.82) is 0 Å². The molecule has 8 heteroatoms. The lowest BCUT2D eigenvalue weighted by molar-refractivity contribution is -0.0220. The molecule has 0 atom stereocenters. The molecule has 3 heterocycles. The molecular formula is C16H15F3N4O. The summed E-state index contributed by atoms with van der Waals surface area (Å²) in [4.78, 5) is 21.5. The van der Waals surface area contributed by atoms with Crippen LogP contribution in [0.2, 0.25) is 0 Å². The fraction of sp³-hybridized carbons (Fsp3) is 0.312. The van der Waals surface area contributed by atoms with E-state index in [2.05, 4.69) is 15.3 Å². The topological polar surface area (TPSA) is 58.1 Å². The number of alkyl halides is 2. The molecule has 0 aliphatic carbocycles. The van der Waals surface area contributed by atoms with E-state index in [9.17, 15) is 18.0 Å². The van der Waals surface area contributed by atoms with E-state index >= 15 is 0 Å². The second kappa shape index (κ2) is 6.46. The summed E-state index contributed by atoms with van der Waals surface area (Å²) >= 11 is 0. The standard InChI is InChI=1S/C16H15F3N4O/c17-13-10-20-5-2-12(13)15(24)22-14-9-11(1-6-21-14)23-7-3-16(18,19)4-8-23/h1-2,5-6,9-10H,3-4,7-8H2,(H,21,22,24). The van der Waals surface area contributed by atoms with Crippen LogP contribution in [0.3, 0.4) is 0 Å². The molecule has 1 aliphatic rings. The highest BCUT2D eigenvalue weighted by Crippen LogP contribution is 2.30. The van der Waals surface area contributed by atoms with Crippen molar-refractivity contribution in [3.63, 3.8) is 0 Å². The number of carbonyl (C=O) groups excluding carboxylic acids is 1. The van der Waals surface area contributed by atoms with Crippen LogP contribution in [0, 0.1) is 5.82 Å². The average molecular weight is 336 g/mol. The highest BCUT2D eigenvalue weighted by Gasteiger charge is 2.34. The van der Waals surface area contributed by atoms with Crippen LogP contribution in [0.25, 0.3) is 0 Å². The molecule has 126 valence electrons. The molecule has 0 saturated carbocycles. The first-order valence-corrected chi connectivity index (χ1v) is 7.44. The highest BCUT2D eigenvalue weighted by molar-refractivity contribution is 6.04. The monoisotopic (exact) mass is 336 g/mol. The number of hydrogen-bond acceptors (Lipinski definition) is 4. The Kier molecular flexibility index (Phi) is 4.37. The van der Waals surface area contributed by atoms with Gasteiger partial charge in [-0.1, -0.05) is 0 Å². The van der Waals surface area contributed by atoms with E-state index in [4.69, 9.17) is 0 Å². The number of piperidine rings is 1. The Hall–Kier alpha value is -2.64. The van der Waals surface area contributed by atoms with Crippen molar-refractivity contribution in [3.8, 4) is 0 Å². The normalized spacial score (nSPS) is 16.7. The van der Waals surface area contributed by atoms with Gasteiger partial charge < -0.3 is 10.2 Å². The van der Waals surface area contributed by atoms with Crippen molar-refractivity contribution in [2.45, 2.75) is 18.8 Å². The summed E-state index contributed by atoms with van der Waals surface area (Å²) in [5.74, 6) is -3.78. The van der Waals surface area contributed by atoms with Crippen LogP contribution in [-0.2, 0) is 0 Å². The lowest BCUT2D eigenvalue weighted by Gasteiger charge is -2.33. The first-order chi connectivity index (χ1) is 11.4. The molecule has 1 fully saturated rings. The van der Waals surface area contributed by atoms with Gasteiger partial charge in [-0.25, -0.2) is 18.2 Å². The zero-order valence-corrected chi connectivity index (χ0v) is 12.7. The molecule has 3 rings (SSSR count). The van der Waals surface area contributed by atoms with Gasteiger partial charge in [0.2, 0.25) is 0 Å². The fourth-order valence-corrected chi connectivity index (χ4v) is 2.52. The predicted molar refractivity (Wildman–Crippen MR) is 82.8 cm³/mol. The number of halogens is 3. The first kappa shape index (κ1) is 16.2. The summed E-state index contributed by atoms with van der Waals surface area (Å²) in [6, 6.07) is 4.54. The fourth-order valence-electron chi connectivity index (χ4n) is 2.52. The van der Waals surface area contributed by atoms with Crippen LogP contribution in [0.15, 0.2) is 36.8 Å². The Balaban J connectivity index is 1.72. The van der Waals surface area contributed by atoms with Crippen LogP contribution in [0.1, 0.15) is 23.2 Å². The molecule has 0 bridgehead atoms. The molecule has 0 unspecified atom stereocenters. The molecule has 5 nitrogen and oxygen atoms in total. The lowest BCUT2D eigenvalue weighted by Crippen LogP contribution is -2.39. The molecule has 1 N–H and O–H groups in total. The molecule has 1 amide bonds.